The van der Waals surface area contributed by atoms with E-state index in [1.807, 2.05) is 0 Å². The zero-order valence-electron chi connectivity index (χ0n) is 9.51. The summed E-state index contributed by atoms with van der Waals surface area (Å²) >= 11 is 0.187. The van der Waals surface area contributed by atoms with Crippen molar-refractivity contribution in [1.82, 2.24) is 0 Å². The Balaban J connectivity index is 2.06. The molecule has 0 atom stereocenters. The average Bonchev–Trinajstić information content (AvgIpc) is 2.40. The average molecular weight is 231 g/mol. The van der Waals surface area contributed by atoms with Crippen molar-refractivity contribution < 1.29 is 0 Å². The Hall–Kier alpha value is -1.55. The standard InChI is InChI=1S/C10H7.C6H5.Al/c1-2-6-10-8-4-3-7-9(10)5-1;1-2-4-6-5-3-1;/h1-7H;1-5H;. The number of rotatable bonds is 2. The minimum absolute atomic E-state index is 0.187. The maximum Gasteiger partial charge on any atom is 0.299 e. The molecule has 1 heteroatoms. The Morgan fingerprint density at radius 2 is 1.29 bits per heavy atom. The summed E-state index contributed by atoms with van der Waals surface area (Å²) in [5.74, 6) is 0. The molecule has 0 bridgehead atoms. The third-order valence-corrected chi connectivity index (χ3v) is 4.48. The largest absolute Gasteiger partial charge is 0.299 e. The third kappa shape index (κ3) is 2.27. The predicted molar refractivity (Wildman–Crippen MR) is 75.4 cm³/mol. The lowest BCUT2D eigenvalue weighted by Gasteiger charge is -2.05. The van der Waals surface area contributed by atoms with Crippen LogP contribution in [0.1, 0.15) is 0 Å². The van der Waals surface area contributed by atoms with Gasteiger partial charge in [-0.15, -0.1) is 8.85 Å². The topological polar surface area (TPSA) is 0 Å². The SMILES string of the molecule is c1cc[c]([Al][c]2cccc3ccccc23)cc1. The molecule has 0 N–H and O–H groups in total. The van der Waals surface area contributed by atoms with E-state index < -0.39 is 0 Å². The summed E-state index contributed by atoms with van der Waals surface area (Å²) in [6, 6.07) is 26.0. The van der Waals surface area contributed by atoms with E-state index in [1.165, 1.54) is 19.6 Å². The molecule has 0 fully saturated rings. The van der Waals surface area contributed by atoms with E-state index >= 15 is 0 Å². The summed E-state index contributed by atoms with van der Waals surface area (Å²) < 4.78 is 2.93. The first-order valence-electron chi connectivity index (χ1n) is 5.81. The van der Waals surface area contributed by atoms with Gasteiger partial charge in [0, 0.05) is 0 Å². The van der Waals surface area contributed by atoms with Crippen molar-refractivity contribution in [3.05, 3.63) is 72.8 Å². The zero-order valence-corrected chi connectivity index (χ0v) is 10.7. The van der Waals surface area contributed by atoms with Gasteiger partial charge in [-0.2, -0.15) is 0 Å². The highest BCUT2D eigenvalue weighted by atomic mass is 27.1. The monoisotopic (exact) mass is 231 g/mol. The third-order valence-electron chi connectivity index (χ3n) is 2.95. The van der Waals surface area contributed by atoms with Crippen molar-refractivity contribution in [3.63, 3.8) is 0 Å². The number of hydrogen-bond donors (Lipinski definition) is 0. The van der Waals surface area contributed by atoms with E-state index in [-0.39, 0.29) is 15.2 Å². The predicted octanol–water partition coefficient (Wildman–Crippen LogP) is 2.49. The van der Waals surface area contributed by atoms with Gasteiger partial charge in [0.05, 0.1) is 0 Å². The van der Waals surface area contributed by atoms with Crippen LogP contribution in [0.5, 0.6) is 0 Å². The zero-order chi connectivity index (χ0) is 11.5. The van der Waals surface area contributed by atoms with Crippen LogP contribution in [-0.2, 0) is 0 Å². The van der Waals surface area contributed by atoms with Crippen LogP contribution in [0, 0.1) is 0 Å². The summed E-state index contributed by atoms with van der Waals surface area (Å²) in [6.45, 7) is 0. The van der Waals surface area contributed by atoms with Gasteiger partial charge >= 0.3 is 0 Å². The second-order valence-corrected chi connectivity index (χ2v) is 5.70. The Morgan fingerprint density at radius 1 is 0.588 bits per heavy atom. The summed E-state index contributed by atoms with van der Waals surface area (Å²) in [4.78, 5) is 0. The summed E-state index contributed by atoms with van der Waals surface area (Å²) in [5, 5.41) is 2.74. The van der Waals surface area contributed by atoms with Crippen LogP contribution in [0.25, 0.3) is 10.8 Å². The van der Waals surface area contributed by atoms with E-state index in [2.05, 4.69) is 72.8 Å². The Labute approximate surface area is 108 Å². The van der Waals surface area contributed by atoms with Gasteiger partial charge < -0.3 is 0 Å². The molecule has 0 nitrogen and oxygen atoms in total. The first kappa shape index (κ1) is 10.6. The van der Waals surface area contributed by atoms with Crippen molar-refractivity contribution >= 4 is 34.8 Å². The summed E-state index contributed by atoms with van der Waals surface area (Å²) in [6.07, 6.45) is 0. The molecule has 0 spiro atoms. The van der Waals surface area contributed by atoms with Gasteiger partial charge in [0.25, 0.3) is 15.2 Å². The quantitative estimate of drug-likeness (QED) is 0.594. The Kier molecular flexibility index (Phi) is 2.96. The molecule has 1 radical (unpaired) electrons. The van der Waals surface area contributed by atoms with Crippen LogP contribution < -0.4 is 8.85 Å². The summed E-state index contributed by atoms with van der Waals surface area (Å²) in [5.41, 5.74) is 0. The first-order chi connectivity index (χ1) is 8.43. The fourth-order valence-corrected chi connectivity index (χ4v) is 3.50. The molecular formula is C16H12Al. The molecule has 0 aromatic heterocycles. The van der Waals surface area contributed by atoms with Crippen LogP contribution in [0.3, 0.4) is 0 Å². The van der Waals surface area contributed by atoms with Crippen molar-refractivity contribution in [2.75, 3.05) is 0 Å². The van der Waals surface area contributed by atoms with E-state index in [4.69, 9.17) is 0 Å². The number of fused-ring (bicyclic) bond motifs is 1. The highest BCUT2D eigenvalue weighted by Crippen LogP contribution is 2.09. The summed E-state index contributed by atoms with van der Waals surface area (Å²) in [7, 11) is 0. The van der Waals surface area contributed by atoms with Gasteiger partial charge in [0.15, 0.2) is 0 Å². The molecule has 0 aliphatic heterocycles. The van der Waals surface area contributed by atoms with E-state index in [1.54, 1.807) is 0 Å². The molecular weight excluding hydrogens is 219 g/mol. The molecule has 3 aromatic rings. The molecule has 0 aliphatic carbocycles. The van der Waals surface area contributed by atoms with Crippen molar-refractivity contribution in [1.29, 1.82) is 0 Å². The maximum atomic E-state index is 2.25. The van der Waals surface area contributed by atoms with E-state index in [0.29, 0.717) is 0 Å². The Bertz CT molecular complexity index is 624. The normalized spacial score (nSPS) is 10.4. The first-order valence-corrected chi connectivity index (χ1v) is 6.96. The van der Waals surface area contributed by atoms with Gasteiger partial charge in [-0.3, -0.25) is 0 Å². The molecule has 0 heterocycles. The lowest BCUT2D eigenvalue weighted by atomic mass is 10.1. The second-order valence-electron chi connectivity index (χ2n) is 4.12. The van der Waals surface area contributed by atoms with Crippen LogP contribution >= 0.6 is 0 Å². The Morgan fingerprint density at radius 3 is 2.18 bits per heavy atom. The van der Waals surface area contributed by atoms with Crippen molar-refractivity contribution in [2.45, 2.75) is 0 Å². The molecule has 0 aliphatic rings. The highest BCUT2D eigenvalue weighted by Gasteiger charge is 2.03. The van der Waals surface area contributed by atoms with Crippen molar-refractivity contribution in [3.8, 4) is 0 Å². The molecule has 3 aromatic carbocycles. The van der Waals surface area contributed by atoms with Crippen LogP contribution in [0.2, 0.25) is 0 Å². The highest BCUT2D eigenvalue weighted by molar-refractivity contribution is 6.69. The van der Waals surface area contributed by atoms with Gasteiger partial charge in [-0.05, 0) is 10.8 Å². The lowest BCUT2D eigenvalue weighted by molar-refractivity contribution is 1.76. The molecule has 0 unspecified atom stereocenters. The van der Waals surface area contributed by atoms with Gasteiger partial charge in [-0.1, -0.05) is 72.8 Å². The van der Waals surface area contributed by atoms with Crippen LogP contribution in [0.4, 0.5) is 0 Å². The lowest BCUT2D eigenvalue weighted by Crippen LogP contribution is -2.27. The molecule has 0 saturated heterocycles. The fraction of sp³-hybridized carbons (Fsp3) is 0. The number of benzene rings is 3. The molecule has 79 valence electrons. The number of hydrogen-bond acceptors (Lipinski definition) is 0. The molecule has 3 rings (SSSR count). The molecule has 0 amide bonds. The van der Waals surface area contributed by atoms with E-state index in [0.717, 1.165) is 0 Å². The minimum Gasteiger partial charge on any atom is -0.117 e. The van der Waals surface area contributed by atoms with Crippen molar-refractivity contribution in [2.24, 2.45) is 0 Å². The van der Waals surface area contributed by atoms with Crippen LogP contribution in [0.15, 0.2) is 72.8 Å². The second kappa shape index (κ2) is 4.76. The molecule has 17 heavy (non-hydrogen) atoms. The van der Waals surface area contributed by atoms with E-state index in [9.17, 15) is 0 Å². The maximum absolute atomic E-state index is 2.25. The van der Waals surface area contributed by atoms with Crippen LogP contribution in [-0.4, -0.2) is 15.2 Å². The smallest absolute Gasteiger partial charge is 0.117 e. The molecule has 0 saturated carbocycles. The fourth-order valence-electron chi connectivity index (χ4n) is 2.11. The minimum atomic E-state index is 0.187. The van der Waals surface area contributed by atoms with Gasteiger partial charge in [0.2, 0.25) is 0 Å². The van der Waals surface area contributed by atoms with Gasteiger partial charge in [0.1, 0.15) is 0 Å². The van der Waals surface area contributed by atoms with Gasteiger partial charge in [-0.25, -0.2) is 0 Å².